The van der Waals surface area contributed by atoms with Gasteiger partial charge in [0.25, 0.3) is 0 Å². The Morgan fingerprint density at radius 3 is 2.43 bits per heavy atom. The number of aromatic carboxylic acids is 1. The molecule has 0 unspecified atom stereocenters. The first-order chi connectivity index (χ1) is 14.3. The summed E-state index contributed by atoms with van der Waals surface area (Å²) in [6, 6.07) is 20.7. The number of benzene rings is 3. The lowest BCUT2D eigenvalue weighted by molar-refractivity contribution is 0.0686. The Hall–Kier alpha value is -3.24. The third kappa shape index (κ3) is 3.66. The van der Waals surface area contributed by atoms with Gasteiger partial charge in [-0.1, -0.05) is 55.3 Å². The smallest absolute Gasteiger partial charge is 0.356 e. The van der Waals surface area contributed by atoms with Crippen molar-refractivity contribution in [2.24, 2.45) is 0 Å². The number of fused-ring (bicyclic) bond motifs is 1. The molecule has 152 valence electrons. The van der Waals surface area contributed by atoms with Crippen molar-refractivity contribution in [1.29, 1.82) is 0 Å². The largest absolute Gasteiger partial charge is 0.476 e. The summed E-state index contributed by atoms with van der Waals surface area (Å²) in [5, 5.41) is 11.3. The maximum absolute atomic E-state index is 12.4. The van der Waals surface area contributed by atoms with Crippen LogP contribution in [-0.2, 0) is 0 Å². The molecule has 1 N–H and O–H groups in total. The minimum atomic E-state index is -1.07. The predicted octanol–water partition coefficient (Wildman–Crippen LogP) is 7.21. The third-order valence-electron chi connectivity index (χ3n) is 5.12. The second-order valence-electron chi connectivity index (χ2n) is 7.64. The maximum Gasteiger partial charge on any atom is 0.356 e. The van der Waals surface area contributed by atoms with Crippen molar-refractivity contribution in [3.8, 4) is 17.2 Å². The van der Waals surface area contributed by atoms with Gasteiger partial charge in [-0.3, -0.25) is 0 Å². The van der Waals surface area contributed by atoms with Gasteiger partial charge in [-0.05, 0) is 60.9 Å². The van der Waals surface area contributed by atoms with Crippen molar-refractivity contribution >= 4 is 28.5 Å². The van der Waals surface area contributed by atoms with E-state index in [4.69, 9.17) is 16.3 Å². The van der Waals surface area contributed by atoms with Gasteiger partial charge < -0.3 is 14.4 Å². The quantitative estimate of drug-likeness (QED) is 0.372. The Bertz CT molecular complexity index is 1240. The molecule has 5 heteroatoms. The second-order valence-corrected chi connectivity index (χ2v) is 8.08. The topological polar surface area (TPSA) is 51.5 Å². The molecule has 1 aromatic heterocycles. The van der Waals surface area contributed by atoms with Crippen LogP contribution in [0.15, 0.2) is 66.7 Å². The summed E-state index contributed by atoms with van der Waals surface area (Å²) in [4.78, 5) is 12.4. The lowest BCUT2D eigenvalue weighted by Gasteiger charge is -2.11. The highest BCUT2D eigenvalue weighted by Crippen LogP contribution is 2.40. The Morgan fingerprint density at radius 2 is 1.77 bits per heavy atom. The van der Waals surface area contributed by atoms with Crippen LogP contribution in [0.2, 0.25) is 5.02 Å². The first kappa shape index (κ1) is 20.0. The van der Waals surface area contributed by atoms with E-state index in [1.165, 1.54) is 0 Å². The van der Waals surface area contributed by atoms with Gasteiger partial charge in [-0.2, -0.15) is 0 Å². The van der Waals surface area contributed by atoms with Gasteiger partial charge >= 0.3 is 5.97 Å². The van der Waals surface area contributed by atoms with Gasteiger partial charge in [0.2, 0.25) is 0 Å². The summed E-state index contributed by atoms with van der Waals surface area (Å²) in [5.41, 5.74) is 3.68. The van der Waals surface area contributed by atoms with Crippen LogP contribution in [0.25, 0.3) is 16.6 Å². The van der Waals surface area contributed by atoms with Crippen LogP contribution in [0.1, 0.15) is 41.4 Å². The summed E-state index contributed by atoms with van der Waals surface area (Å²) in [7, 11) is 0. The van der Waals surface area contributed by atoms with Crippen molar-refractivity contribution in [3.05, 3.63) is 88.6 Å². The molecule has 1 heterocycles. The molecule has 3 aromatic carbocycles. The molecule has 0 saturated carbocycles. The normalized spacial score (nSPS) is 11.2. The highest BCUT2D eigenvalue weighted by atomic mass is 35.5. The van der Waals surface area contributed by atoms with Crippen molar-refractivity contribution in [2.75, 3.05) is 0 Å². The zero-order chi connectivity index (χ0) is 21.4. The summed E-state index contributed by atoms with van der Waals surface area (Å²) in [6.07, 6.45) is 0. The molecule has 4 aromatic rings. The molecule has 4 nitrogen and oxygen atoms in total. The van der Waals surface area contributed by atoms with E-state index in [1.54, 1.807) is 22.8 Å². The molecular weight excluding hydrogens is 398 g/mol. The number of hydrogen-bond acceptors (Lipinski definition) is 2. The number of carboxylic acids is 1. The Labute approximate surface area is 180 Å². The molecule has 0 radical (unpaired) electrons. The summed E-state index contributed by atoms with van der Waals surface area (Å²) < 4.78 is 7.88. The first-order valence-corrected chi connectivity index (χ1v) is 10.1. The maximum atomic E-state index is 12.4. The fourth-order valence-electron chi connectivity index (χ4n) is 3.54. The minimum absolute atomic E-state index is 0.0612. The fourth-order valence-corrected chi connectivity index (χ4v) is 3.71. The minimum Gasteiger partial charge on any atom is -0.476 e. The van der Waals surface area contributed by atoms with E-state index in [9.17, 15) is 9.90 Å². The van der Waals surface area contributed by atoms with Crippen molar-refractivity contribution < 1.29 is 14.6 Å². The van der Waals surface area contributed by atoms with Crippen LogP contribution in [0.3, 0.4) is 0 Å². The van der Waals surface area contributed by atoms with Gasteiger partial charge in [-0.25, -0.2) is 4.79 Å². The van der Waals surface area contributed by atoms with Crippen LogP contribution < -0.4 is 4.74 Å². The highest BCUT2D eigenvalue weighted by Gasteiger charge is 2.26. The first-order valence-electron chi connectivity index (χ1n) is 9.77. The lowest BCUT2D eigenvalue weighted by Crippen LogP contribution is -2.08. The van der Waals surface area contributed by atoms with Gasteiger partial charge in [0, 0.05) is 16.1 Å². The van der Waals surface area contributed by atoms with Crippen molar-refractivity contribution in [3.63, 3.8) is 0 Å². The van der Waals surface area contributed by atoms with E-state index in [-0.39, 0.29) is 5.69 Å². The van der Waals surface area contributed by atoms with Gasteiger partial charge in [0.1, 0.15) is 5.75 Å². The van der Waals surface area contributed by atoms with E-state index in [2.05, 4.69) is 13.8 Å². The van der Waals surface area contributed by atoms with Gasteiger partial charge in [-0.15, -0.1) is 0 Å². The number of ether oxygens (including phenoxy) is 1. The monoisotopic (exact) mass is 419 g/mol. The van der Waals surface area contributed by atoms with Gasteiger partial charge in [0.15, 0.2) is 11.4 Å². The number of aromatic nitrogens is 1. The summed E-state index contributed by atoms with van der Waals surface area (Å²) >= 11 is 6.26. The van der Waals surface area contributed by atoms with Crippen LogP contribution in [0.5, 0.6) is 11.5 Å². The van der Waals surface area contributed by atoms with E-state index >= 15 is 0 Å². The molecule has 30 heavy (non-hydrogen) atoms. The molecule has 4 rings (SSSR count). The van der Waals surface area contributed by atoms with Crippen LogP contribution in [0, 0.1) is 6.92 Å². The van der Waals surface area contributed by atoms with E-state index in [0.717, 1.165) is 16.8 Å². The van der Waals surface area contributed by atoms with Crippen LogP contribution >= 0.6 is 11.6 Å². The SMILES string of the molecule is Cc1ccc(-n2c(C(=O)O)c(Oc3cccc(C(C)C)c3)c3ccc(Cl)cc32)cc1. The molecule has 0 atom stereocenters. The molecule has 0 fully saturated rings. The highest BCUT2D eigenvalue weighted by molar-refractivity contribution is 6.31. The number of nitrogens with zero attached hydrogens (tertiary/aromatic N) is 1. The molecule has 0 saturated heterocycles. The van der Waals surface area contributed by atoms with Crippen molar-refractivity contribution in [2.45, 2.75) is 26.7 Å². The number of halogens is 1. The number of carboxylic acid groups (broad SMARTS) is 1. The molecule has 0 bridgehead atoms. The van der Waals surface area contributed by atoms with E-state index in [1.807, 2.05) is 55.5 Å². The van der Waals surface area contributed by atoms with E-state index < -0.39 is 5.97 Å². The molecule has 0 spiro atoms. The lowest BCUT2D eigenvalue weighted by atomic mass is 10.0. The Balaban J connectivity index is 1.97. The predicted molar refractivity (Wildman–Crippen MR) is 121 cm³/mol. The third-order valence-corrected chi connectivity index (χ3v) is 5.36. The summed E-state index contributed by atoms with van der Waals surface area (Å²) in [5.74, 6) is 0.162. The molecule has 0 aliphatic heterocycles. The average molecular weight is 420 g/mol. The molecule has 0 aliphatic carbocycles. The van der Waals surface area contributed by atoms with Crippen LogP contribution in [0.4, 0.5) is 0 Å². The number of aryl methyl sites for hydroxylation is 1. The second kappa shape index (κ2) is 7.88. The number of rotatable bonds is 5. The molecular formula is C25H22ClNO3. The number of hydrogen-bond donors (Lipinski definition) is 1. The number of carbonyl (C=O) groups is 1. The molecule has 0 aliphatic rings. The Morgan fingerprint density at radius 1 is 1.03 bits per heavy atom. The Kier molecular flexibility index (Phi) is 5.27. The zero-order valence-electron chi connectivity index (χ0n) is 17.0. The zero-order valence-corrected chi connectivity index (χ0v) is 17.8. The van der Waals surface area contributed by atoms with Crippen molar-refractivity contribution in [1.82, 2.24) is 4.57 Å². The van der Waals surface area contributed by atoms with E-state index in [0.29, 0.717) is 33.3 Å². The fraction of sp³-hybridized carbons (Fsp3) is 0.160. The average Bonchev–Trinajstić information content (AvgIpc) is 3.02. The molecule has 0 amide bonds. The van der Waals surface area contributed by atoms with Crippen LogP contribution in [-0.4, -0.2) is 15.6 Å². The standard InChI is InChI=1S/C25H22ClNO3/c1-15(2)17-5-4-6-20(13-17)30-24-21-12-9-18(26)14-22(21)27(23(24)25(28)29)19-10-7-16(3)8-11-19/h4-15H,1-3H3,(H,28,29). The van der Waals surface area contributed by atoms with Gasteiger partial charge in [0.05, 0.1) is 5.52 Å². The summed E-state index contributed by atoms with van der Waals surface area (Å²) in [6.45, 7) is 6.20.